The second-order valence-electron chi connectivity index (χ2n) is 5.72. The van der Waals surface area contributed by atoms with Crippen LogP contribution in [0, 0.1) is 0 Å². The zero-order valence-electron chi connectivity index (χ0n) is 12.8. The molecule has 0 fully saturated rings. The highest BCUT2D eigenvalue weighted by molar-refractivity contribution is 5.87. The topological polar surface area (TPSA) is 73.6 Å². The highest BCUT2D eigenvalue weighted by Gasteiger charge is 2.18. The van der Waals surface area contributed by atoms with Crippen LogP contribution in [0.5, 0.6) is 5.75 Å². The molecule has 1 unspecified atom stereocenters. The lowest BCUT2D eigenvalue weighted by molar-refractivity contribution is 0.0635. The number of nitrogens with two attached hydrogens (primary N) is 1. The molecule has 1 aromatic carbocycles. The van der Waals surface area contributed by atoms with Gasteiger partial charge in [-0.15, -0.1) is 0 Å². The molecule has 0 radical (unpaired) electrons. The van der Waals surface area contributed by atoms with Gasteiger partial charge in [0, 0.05) is 0 Å². The maximum absolute atomic E-state index is 11.8. The average molecular weight is 280 g/mol. The fraction of sp³-hybridized carbons (Fsp3) is 0.533. The predicted molar refractivity (Wildman–Crippen MR) is 80.3 cm³/mol. The molecule has 5 nitrogen and oxygen atoms in total. The van der Waals surface area contributed by atoms with Crippen molar-refractivity contribution >= 4 is 11.8 Å². The van der Waals surface area contributed by atoms with Gasteiger partial charge in [-0.3, -0.25) is 5.32 Å². The monoisotopic (exact) mass is 280 g/mol. The number of rotatable bonds is 4. The molecule has 0 saturated carbocycles. The van der Waals surface area contributed by atoms with E-state index in [0.29, 0.717) is 18.0 Å². The Kier molecular flexibility index (Phi) is 5.39. The third-order valence-corrected chi connectivity index (χ3v) is 2.78. The fourth-order valence-electron chi connectivity index (χ4n) is 1.68. The molecule has 0 aromatic heterocycles. The van der Waals surface area contributed by atoms with E-state index < -0.39 is 11.7 Å². The van der Waals surface area contributed by atoms with E-state index in [1.807, 2.05) is 45.9 Å². The van der Waals surface area contributed by atoms with Gasteiger partial charge in [-0.05, 0) is 50.9 Å². The molecular weight excluding hydrogens is 256 g/mol. The lowest BCUT2D eigenvalue weighted by Crippen LogP contribution is -2.27. The van der Waals surface area contributed by atoms with Crippen LogP contribution >= 0.6 is 0 Å². The van der Waals surface area contributed by atoms with Gasteiger partial charge in [0.15, 0.2) is 0 Å². The summed E-state index contributed by atoms with van der Waals surface area (Å²) >= 11 is 0. The molecule has 1 aromatic rings. The van der Waals surface area contributed by atoms with Gasteiger partial charge >= 0.3 is 6.09 Å². The minimum absolute atomic E-state index is 0.208. The fourth-order valence-corrected chi connectivity index (χ4v) is 1.68. The first-order valence-corrected chi connectivity index (χ1v) is 6.65. The van der Waals surface area contributed by atoms with E-state index in [4.69, 9.17) is 15.2 Å². The van der Waals surface area contributed by atoms with Crippen molar-refractivity contribution in [1.82, 2.24) is 0 Å². The molecule has 20 heavy (non-hydrogen) atoms. The van der Waals surface area contributed by atoms with Gasteiger partial charge in [-0.25, -0.2) is 4.79 Å². The van der Waals surface area contributed by atoms with Gasteiger partial charge in [-0.1, -0.05) is 13.0 Å². The second-order valence-corrected chi connectivity index (χ2v) is 5.72. The van der Waals surface area contributed by atoms with Crippen molar-refractivity contribution in [3.8, 4) is 5.75 Å². The summed E-state index contributed by atoms with van der Waals surface area (Å²) in [5, 5.41) is 2.71. The minimum Gasteiger partial charge on any atom is -0.495 e. The van der Waals surface area contributed by atoms with Crippen LogP contribution in [0.25, 0.3) is 0 Å². The van der Waals surface area contributed by atoms with E-state index in [1.54, 1.807) is 7.11 Å². The number of ether oxygens (including phenoxy) is 2. The number of amides is 1. The van der Waals surface area contributed by atoms with Crippen LogP contribution in [-0.4, -0.2) is 25.3 Å². The number of hydrogen-bond donors (Lipinski definition) is 2. The van der Waals surface area contributed by atoms with E-state index >= 15 is 0 Å². The van der Waals surface area contributed by atoms with Gasteiger partial charge in [-0.2, -0.15) is 0 Å². The van der Waals surface area contributed by atoms with E-state index in [9.17, 15) is 4.79 Å². The van der Waals surface area contributed by atoms with Crippen molar-refractivity contribution < 1.29 is 14.3 Å². The van der Waals surface area contributed by atoms with Crippen LogP contribution in [0.1, 0.15) is 39.2 Å². The number of carbonyl (C=O) groups is 1. The van der Waals surface area contributed by atoms with Crippen LogP contribution in [0.2, 0.25) is 0 Å². The van der Waals surface area contributed by atoms with E-state index in [2.05, 4.69) is 5.32 Å². The van der Waals surface area contributed by atoms with Gasteiger partial charge in [0.05, 0.1) is 12.8 Å². The molecule has 0 saturated heterocycles. The maximum atomic E-state index is 11.8. The summed E-state index contributed by atoms with van der Waals surface area (Å²) in [5.74, 6) is 0.795. The van der Waals surface area contributed by atoms with E-state index in [1.165, 1.54) is 0 Å². The summed E-state index contributed by atoms with van der Waals surface area (Å²) < 4.78 is 10.5. The predicted octanol–water partition coefficient (Wildman–Crippen LogP) is 3.10. The molecular formula is C15H24N2O3. The van der Waals surface area contributed by atoms with Gasteiger partial charge in [0.1, 0.15) is 11.4 Å². The first-order chi connectivity index (χ1) is 9.26. The molecule has 112 valence electrons. The Morgan fingerprint density at radius 1 is 1.40 bits per heavy atom. The molecule has 1 atom stereocenters. The van der Waals surface area contributed by atoms with E-state index in [0.717, 1.165) is 5.56 Å². The lowest BCUT2D eigenvalue weighted by Gasteiger charge is -2.21. The van der Waals surface area contributed by atoms with Crippen molar-refractivity contribution in [3.63, 3.8) is 0 Å². The summed E-state index contributed by atoms with van der Waals surface area (Å²) in [6.07, 6.45) is -0.506. The number of nitrogens with one attached hydrogen (secondary N) is 1. The summed E-state index contributed by atoms with van der Waals surface area (Å²) in [4.78, 5) is 11.8. The van der Waals surface area contributed by atoms with Crippen molar-refractivity contribution in [2.75, 3.05) is 19.0 Å². The Labute approximate surface area is 120 Å². The Morgan fingerprint density at radius 2 is 2.05 bits per heavy atom. The molecule has 0 heterocycles. The van der Waals surface area contributed by atoms with Crippen molar-refractivity contribution in [2.24, 2.45) is 5.73 Å². The first kappa shape index (κ1) is 16.3. The number of benzene rings is 1. The smallest absolute Gasteiger partial charge is 0.412 e. The summed E-state index contributed by atoms with van der Waals surface area (Å²) in [5.41, 5.74) is 6.75. The van der Waals surface area contributed by atoms with Crippen LogP contribution in [-0.2, 0) is 4.74 Å². The quantitative estimate of drug-likeness (QED) is 0.888. The average Bonchev–Trinajstić information content (AvgIpc) is 2.35. The Hall–Kier alpha value is -1.75. The molecule has 1 rings (SSSR count). The van der Waals surface area contributed by atoms with Crippen molar-refractivity contribution in [1.29, 1.82) is 0 Å². The Bertz CT molecular complexity index is 467. The Balaban J connectivity index is 2.94. The molecule has 0 aliphatic rings. The molecule has 5 heteroatoms. The molecule has 0 aliphatic heterocycles. The van der Waals surface area contributed by atoms with Crippen molar-refractivity contribution in [3.05, 3.63) is 23.8 Å². The van der Waals surface area contributed by atoms with Crippen molar-refractivity contribution in [2.45, 2.75) is 39.2 Å². The normalized spacial score (nSPS) is 12.7. The molecule has 0 aliphatic carbocycles. The van der Waals surface area contributed by atoms with Gasteiger partial charge in [0.2, 0.25) is 0 Å². The highest BCUT2D eigenvalue weighted by atomic mass is 16.6. The number of carbonyl (C=O) groups excluding carboxylic acids is 1. The SMILES string of the molecule is COc1ccc(C(C)CN)cc1NC(=O)OC(C)(C)C. The van der Waals surface area contributed by atoms with Crippen LogP contribution < -0.4 is 15.8 Å². The first-order valence-electron chi connectivity index (χ1n) is 6.65. The van der Waals surface area contributed by atoms with E-state index in [-0.39, 0.29) is 5.92 Å². The van der Waals surface area contributed by atoms with Crippen LogP contribution in [0.15, 0.2) is 18.2 Å². The summed E-state index contributed by atoms with van der Waals surface area (Å²) in [7, 11) is 1.56. The summed E-state index contributed by atoms with van der Waals surface area (Å²) in [6, 6.07) is 5.62. The minimum atomic E-state index is -0.542. The van der Waals surface area contributed by atoms with Gasteiger partial charge < -0.3 is 15.2 Å². The Morgan fingerprint density at radius 3 is 2.55 bits per heavy atom. The molecule has 1 amide bonds. The largest absolute Gasteiger partial charge is 0.495 e. The number of hydrogen-bond acceptors (Lipinski definition) is 4. The third kappa shape index (κ3) is 4.74. The summed E-state index contributed by atoms with van der Waals surface area (Å²) in [6.45, 7) is 8.02. The number of methoxy groups -OCH3 is 1. The zero-order valence-corrected chi connectivity index (χ0v) is 12.8. The molecule has 0 bridgehead atoms. The molecule has 0 spiro atoms. The van der Waals surface area contributed by atoms with Gasteiger partial charge in [0.25, 0.3) is 0 Å². The standard InChI is InChI=1S/C15H24N2O3/c1-10(9-16)11-6-7-13(19-5)12(8-11)17-14(18)20-15(2,3)4/h6-8,10H,9,16H2,1-5H3,(H,17,18). The highest BCUT2D eigenvalue weighted by Crippen LogP contribution is 2.29. The third-order valence-electron chi connectivity index (χ3n) is 2.78. The number of anilines is 1. The molecule has 3 N–H and O–H groups in total. The lowest BCUT2D eigenvalue weighted by atomic mass is 10.0. The van der Waals surface area contributed by atoms with Crippen LogP contribution in [0.3, 0.4) is 0 Å². The maximum Gasteiger partial charge on any atom is 0.412 e. The zero-order chi connectivity index (χ0) is 15.3. The second kappa shape index (κ2) is 6.61. The van der Waals surface area contributed by atoms with Crippen LogP contribution in [0.4, 0.5) is 10.5 Å².